The first kappa shape index (κ1) is 37.6. The second-order valence-corrected chi connectivity index (χ2v) is 49.8. The first-order chi connectivity index (χ1) is 28.8. The minimum atomic E-state index is -2.22. The van der Waals surface area contributed by atoms with Gasteiger partial charge in [0.05, 0.1) is 30.4 Å². The largest absolute Gasteiger partial charge is 0.0799 e. The lowest BCUT2D eigenvalue weighted by atomic mass is 9.89. The summed E-state index contributed by atoms with van der Waals surface area (Å²) in [6, 6.07) is 66.7. The van der Waals surface area contributed by atoms with Crippen LogP contribution in [0.2, 0.25) is 52.4 Å². The maximum Gasteiger partial charge on any atom is 0.0799 e. The van der Waals surface area contributed by atoms with Gasteiger partial charge in [-0.15, -0.1) is 0 Å². The summed E-state index contributed by atoms with van der Waals surface area (Å²) in [7, 11) is -8.88. The fourth-order valence-corrected chi connectivity index (χ4v) is 30.3. The molecule has 10 aromatic rings. The van der Waals surface area contributed by atoms with Gasteiger partial charge in [0, 0.05) is 0 Å². The van der Waals surface area contributed by atoms with E-state index in [9.17, 15) is 0 Å². The lowest BCUT2D eigenvalue weighted by Gasteiger charge is -2.42. The van der Waals surface area contributed by atoms with Crippen molar-refractivity contribution in [3.05, 3.63) is 170 Å². The molecular weight excluding hydrogens is 785 g/mol. The summed E-state index contributed by atoms with van der Waals surface area (Å²) in [6.45, 7) is 21.7. The fraction of sp³-hybridized carbons (Fsp3) is 0.143. The molecule has 1 aliphatic rings. The van der Waals surface area contributed by atoms with Crippen molar-refractivity contribution >= 4 is 116 Å². The molecule has 0 spiro atoms. The van der Waals surface area contributed by atoms with Crippen LogP contribution in [0.3, 0.4) is 0 Å². The Balaban J connectivity index is 1.35. The van der Waals surface area contributed by atoms with Crippen molar-refractivity contribution in [2.45, 2.75) is 52.4 Å². The lowest BCUT2D eigenvalue weighted by Crippen LogP contribution is -2.70. The highest BCUT2D eigenvalue weighted by Crippen LogP contribution is 2.44. The summed E-state index contributed by atoms with van der Waals surface area (Å²) in [5, 5.41) is 23.1. The van der Waals surface area contributed by atoms with Crippen LogP contribution in [0, 0.1) is 0 Å². The molecule has 0 saturated carbocycles. The van der Waals surface area contributed by atoms with Crippen LogP contribution in [0.5, 0.6) is 0 Å². The molecule has 0 amide bonds. The van der Waals surface area contributed by atoms with Crippen molar-refractivity contribution in [3.8, 4) is 22.3 Å². The molecule has 0 radical (unpaired) electrons. The summed E-state index contributed by atoms with van der Waals surface area (Å²) < 4.78 is 0. The minimum Gasteiger partial charge on any atom is -0.0671 e. The number of fused-ring (bicyclic) bond motifs is 2. The van der Waals surface area contributed by atoms with Crippen LogP contribution in [-0.2, 0) is 0 Å². The normalized spacial score (nSPS) is 16.5. The summed E-state index contributed by atoms with van der Waals surface area (Å²) in [5.74, 6) is 0. The first-order valence-corrected chi connectivity index (χ1v) is 35.8. The molecule has 0 aromatic heterocycles. The molecule has 0 aliphatic carbocycles. The van der Waals surface area contributed by atoms with E-state index in [1.165, 1.54) is 86.9 Å². The van der Waals surface area contributed by atoms with Crippen molar-refractivity contribution in [1.82, 2.24) is 0 Å². The van der Waals surface area contributed by atoms with Crippen molar-refractivity contribution in [2.24, 2.45) is 0 Å². The van der Waals surface area contributed by atoms with E-state index in [4.69, 9.17) is 0 Å². The minimum absolute atomic E-state index is 1.30. The maximum absolute atomic E-state index is 2.71. The van der Waals surface area contributed by atoms with Gasteiger partial charge in [-0.2, -0.15) is 0 Å². The van der Waals surface area contributed by atoms with Crippen LogP contribution in [0.15, 0.2) is 170 Å². The van der Waals surface area contributed by atoms with Gasteiger partial charge in [-0.05, 0) is 99.0 Å². The van der Waals surface area contributed by atoms with Crippen LogP contribution >= 0.6 is 0 Å². The molecule has 0 atom stereocenters. The SMILES string of the molecule is C[Si]1(C)c2cccc3c(-c4cccc5ccccc45)c4cccc(c4cc23)[Si](C)(C)[Si](C)(C)c2cccc3c(-c4cccc5ccccc45)c4cccc(c4cc23)[Si]1(C)C. The van der Waals surface area contributed by atoms with Crippen molar-refractivity contribution in [2.75, 3.05) is 0 Å². The van der Waals surface area contributed by atoms with Crippen LogP contribution in [0.1, 0.15) is 0 Å². The maximum atomic E-state index is 2.71. The molecule has 11 rings (SSSR count). The van der Waals surface area contributed by atoms with Crippen molar-refractivity contribution < 1.29 is 0 Å². The van der Waals surface area contributed by atoms with Crippen LogP contribution in [0.4, 0.5) is 0 Å². The number of rotatable bonds is 2. The predicted molar refractivity (Wildman–Crippen MR) is 277 cm³/mol. The highest BCUT2D eigenvalue weighted by molar-refractivity contribution is 7.51. The van der Waals surface area contributed by atoms with Gasteiger partial charge < -0.3 is 0 Å². The zero-order chi connectivity index (χ0) is 41.3. The second-order valence-electron chi connectivity index (χ2n) is 19.7. The van der Waals surface area contributed by atoms with E-state index in [0.29, 0.717) is 0 Å². The Morgan fingerprint density at radius 3 is 0.800 bits per heavy atom. The molecule has 60 heavy (non-hydrogen) atoms. The summed E-state index contributed by atoms with van der Waals surface area (Å²) in [4.78, 5) is 0. The Morgan fingerprint density at radius 2 is 0.483 bits per heavy atom. The fourth-order valence-electron chi connectivity index (χ4n) is 11.3. The molecule has 1 heterocycles. The van der Waals surface area contributed by atoms with E-state index < -0.39 is 30.4 Å². The first-order valence-electron chi connectivity index (χ1n) is 21.8. The topological polar surface area (TPSA) is 0 Å². The Kier molecular flexibility index (Phi) is 8.19. The van der Waals surface area contributed by atoms with Gasteiger partial charge in [0.15, 0.2) is 0 Å². The van der Waals surface area contributed by atoms with Crippen LogP contribution in [0.25, 0.3) is 86.9 Å². The van der Waals surface area contributed by atoms with Gasteiger partial charge in [0.2, 0.25) is 0 Å². The Labute approximate surface area is 358 Å². The highest BCUT2D eigenvalue weighted by atomic mass is 29.3. The third-order valence-electron chi connectivity index (χ3n) is 16.0. The zero-order valence-electron chi connectivity index (χ0n) is 36.2. The van der Waals surface area contributed by atoms with Gasteiger partial charge in [0.1, 0.15) is 0 Å². The monoisotopic (exact) mass is 836 g/mol. The van der Waals surface area contributed by atoms with E-state index in [1.807, 2.05) is 0 Å². The molecule has 1 aliphatic heterocycles. The Bertz CT molecular complexity index is 3060. The predicted octanol–water partition coefficient (Wildman–Crippen LogP) is 13.5. The molecule has 0 saturated heterocycles. The van der Waals surface area contributed by atoms with E-state index in [0.717, 1.165) is 0 Å². The summed E-state index contributed by atoms with van der Waals surface area (Å²) >= 11 is 0. The van der Waals surface area contributed by atoms with E-state index >= 15 is 0 Å². The molecular formula is C56H52Si4. The Morgan fingerprint density at radius 1 is 0.233 bits per heavy atom. The molecule has 0 nitrogen and oxygen atoms in total. The van der Waals surface area contributed by atoms with Gasteiger partial charge in [-0.3, -0.25) is 0 Å². The average Bonchev–Trinajstić information content (AvgIpc) is 3.25. The Hall–Kier alpha value is -5.37. The highest BCUT2D eigenvalue weighted by Gasteiger charge is 2.48. The third-order valence-corrected chi connectivity index (χ3v) is 51.4. The van der Waals surface area contributed by atoms with Crippen molar-refractivity contribution in [3.63, 3.8) is 0 Å². The molecule has 0 fully saturated rings. The van der Waals surface area contributed by atoms with E-state index in [-0.39, 0.29) is 0 Å². The number of hydrogen-bond acceptors (Lipinski definition) is 0. The molecule has 0 unspecified atom stereocenters. The van der Waals surface area contributed by atoms with Crippen LogP contribution in [-0.4, -0.2) is 30.4 Å². The summed E-state index contributed by atoms with van der Waals surface area (Å²) in [6.07, 6.45) is 0. The van der Waals surface area contributed by atoms with Crippen molar-refractivity contribution in [1.29, 1.82) is 0 Å². The molecule has 4 bridgehead atoms. The van der Waals surface area contributed by atoms with E-state index in [2.05, 4.69) is 222 Å². The quantitative estimate of drug-likeness (QED) is 0.120. The molecule has 292 valence electrons. The standard InChI is InChI=1S/C56H52Si4/c1-57(2)51-31-15-27-43-47(51)35-49-45(55(43)41-25-13-21-37-19-9-11-23-39(37)41)29-17-33-53(49)59(5,6)60(7,8)54-34-18-30-46-50(54)36-48-44(28-16-32-52(48)58(57,3)4)56(46)42-26-14-22-38-20-10-12-24-40(38)42/h9-36H,1-8H3. The van der Waals surface area contributed by atoms with Gasteiger partial charge in [-0.25, -0.2) is 0 Å². The van der Waals surface area contributed by atoms with Gasteiger partial charge in [-0.1, -0.05) is 231 Å². The van der Waals surface area contributed by atoms with Gasteiger partial charge >= 0.3 is 0 Å². The van der Waals surface area contributed by atoms with Gasteiger partial charge in [0.25, 0.3) is 0 Å². The molecule has 4 heteroatoms. The van der Waals surface area contributed by atoms with Crippen LogP contribution < -0.4 is 20.7 Å². The second kappa shape index (κ2) is 13.1. The zero-order valence-corrected chi connectivity index (χ0v) is 40.2. The number of hydrogen-bond donors (Lipinski definition) is 0. The smallest absolute Gasteiger partial charge is 0.0671 e. The summed E-state index contributed by atoms with van der Waals surface area (Å²) in [5.41, 5.74) is 5.49. The third kappa shape index (κ3) is 5.05. The van der Waals surface area contributed by atoms with E-state index in [1.54, 1.807) is 20.7 Å². The molecule has 10 aromatic carbocycles. The lowest BCUT2D eigenvalue weighted by molar-refractivity contribution is 1.69. The molecule has 0 N–H and O–H groups in total. The number of benzene rings is 10. The average molecular weight is 837 g/mol.